The summed E-state index contributed by atoms with van der Waals surface area (Å²) in [6, 6.07) is 11.4. The van der Waals surface area contributed by atoms with Crippen molar-refractivity contribution in [3.05, 3.63) is 54.4 Å². The zero-order valence-corrected chi connectivity index (χ0v) is 17.9. The summed E-state index contributed by atoms with van der Waals surface area (Å²) >= 11 is 0. The quantitative estimate of drug-likeness (QED) is 0.233. The van der Waals surface area contributed by atoms with Gasteiger partial charge in [-0.1, -0.05) is 17.7 Å². The highest BCUT2D eigenvalue weighted by Gasteiger charge is 2.03. The number of amides is 1. The Morgan fingerprint density at radius 1 is 1.19 bits per heavy atom. The van der Waals surface area contributed by atoms with Gasteiger partial charge in [-0.3, -0.25) is 9.78 Å². The van der Waals surface area contributed by atoms with Crippen LogP contribution in [0, 0.1) is 6.92 Å². The highest BCUT2D eigenvalue weighted by molar-refractivity contribution is 14.0. The lowest BCUT2D eigenvalue weighted by atomic mass is 10.2. The van der Waals surface area contributed by atoms with Gasteiger partial charge in [0.2, 0.25) is 5.91 Å². The number of hydrogen-bond acceptors (Lipinski definition) is 4. The van der Waals surface area contributed by atoms with Crippen molar-refractivity contribution in [3.8, 4) is 5.75 Å². The van der Waals surface area contributed by atoms with Gasteiger partial charge in [-0.25, -0.2) is 4.99 Å². The number of nitrogens with zero attached hydrogens (tertiary/aromatic N) is 2. The average molecular weight is 483 g/mol. The molecule has 27 heavy (non-hydrogen) atoms. The minimum atomic E-state index is -0.203. The first kappa shape index (κ1) is 22.7. The molecule has 0 saturated heterocycles. The van der Waals surface area contributed by atoms with E-state index in [1.807, 2.05) is 38.1 Å². The van der Waals surface area contributed by atoms with Crippen molar-refractivity contribution in [1.82, 2.24) is 15.6 Å². The number of aliphatic imine (C=N–C) groups is 1. The molecule has 0 fully saturated rings. The second-order valence-electron chi connectivity index (χ2n) is 5.57. The molecule has 0 aliphatic heterocycles. The molecule has 1 aromatic heterocycles. The summed E-state index contributed by atoms with van der Waals surface area (Å²) in [5.74, 6) is 1.20. The first-order valence-corrected chi connectivity index (χ1v) is 8.59. The number of benzene rings is 1. The number of guanidine groups is 1. The topological polar surface area (TPSA) is 87.6 Å². The van der Waals surface area contributed by atoms with Crippen LogP contribution in [0.25, 0.3) is 0 Å². The van der Waals surface area contributed by atoms with E-state index >= 15 is 0 Å². The summed E-state index contributed by atoms with van der Waals surface area (Å²) < 4.78 is 5.66. The Morgan fingerprint density at radius 3 is 2.63 bits per heavy atom. The molecule has 0 bridgehead atoms. The van der Waals surface area contributed by atoms with Gasteiger partial charge < -0.3 is 20.7 Å². The Morgan fingerprint density at radius 2 is 1.96 bits per heavy atom. The number of aromatic nitrogens is 1. The van der Waals surface area contributed by atoms with Crippen molar-refractivity contribution < 1.29 is 9.53 Å². The molecular formula is C19H26IN5O2. The number of pyridine rings is 1. The van der Waals surface area contributed by atoms with E-state index in [1.165, 1.54) is 5.56 Å². The largest absolute Gasteiger partial charge is 0.492 e. The molecule has 7 nitrogen and oxygen atoms in total. The molecule has 0 radical (unpaired) electrons. The van der Waals surface area contributed by atoms with Gasteiger partial charge in [0, 0.05) is 12.7 Å². The molecule has 2 rings (SSSR count). The van der Waals surface area contributed by atoms with E-state index in [0.717, 1.165) is 5.75 Å². The molecule has 0 spiro atoms. The summed E-state index contributed by atoms with van der Waals surface area (Å²) in [6.07, 6.45) is 3.24. The fourth-order valence-electron chi connectivity index (χ4n) is 2.10. The number of carbonyl (C=O) groups excluding carboxylic acids is 1. The molecule has 1 heterocycles. The fraction of sp³-hybridized carbons (Fsp3) is 0.316. The van der Waals surface area contributed by atoms with E-state index in [0.29, 0.717) is 31.3 Å². The van der Waals surface area contributed by atoms with Crippen molar-refractivity contribution in [2.75, 3.05) is 31.6 Å². The average Bonchev–Trinajstić information content (AvgIpc) is 2.65. The number of halogens is 1. The predicted octanol–water partition coefficient (Wildman–Crippen LogP) is 2.58. The number of aryl methyl sites for hydroxylation is 1. The number of anilines is 1. The van der Waals surface area contributed by atoms with E-state index < -0.39 is 0 Å². The summed E-state index contributed by atoms with van der Waals surface area (Å²) in [5.41, 5.74) is 1.85. The standard InChI is InChI=1S/C19H25N5O2.HI/c1-3-21-19(22-11-12-26-17-8-6-15(2)7-9-17)23-14-18(25)24-16-5-4-10-20-13-16;/h4-10,13H,3,11-12,14H2,1-2H3,(H,24,25)(H2,21,22,23);1H. The van der Waals surface area contributed by atoms with Crippen LogP contribution in [0.1, 0.15) is 12.5 Å². The van der Waals surface area contributed by atoms with Gasteiger partial charge in [-0.05, 0) is 38.1 Å². The van der Waals surface area contributed by atoms with Gasteiger partial charge in [0.1, 0.15) is 18.9 Å². The fourth-order valence-corrected chi connectivity index (χ4v) is 2.10. The predicted molar refractivity (Wildman–Crippen MR) is 119 cm³/mol. The van der Waals surface area contributed by atoms with Crippen LogP contribution in [0.15, 0.2) is 53.8 Å². The van der Waals surface area contributed by atoms with E-state index in [-0.39, 0.29) is 36.4 Å². The zero-order chi connectivity index (χ0) is 18.6. The molecule has 1 amide bonds. The minimum absolute atomic E-state index is 0. The lowest BCUT2D eigenvalue weighted by Gasteiger charge is -2.12. The first-order valence-electron chi connectivity index (χ1n) is 8.59. The zero-order valence-electron chi connectivity index (χ0n) is 15.6. The number of nitrogens with one attached hydrogen (secondary N) is 3. The van der Waals surface area contributed by atoms with Gasteiger partial charge >= 0.3 is 0 Å². The second kappa shape index (κ2) is 12.9. The maximum Gasteiger partial charge on any atom is 0.246 e. The van der Waals surface area contributed by atoms with E-state index in [4.69, 9.17) is 4.74 Å². The van der Waals surface area contributed by atoms with Crippen LogP contribution in [-0.2, 0) is 4.79 Å². The molecule has 3 N–H and O–H groups in total. The van der Waals surface area contributed by atoms with Crippen LogP contribution in [0.3, 0.4) is 0 Å². The molecule has 0 aliphatic rings. The Balaban J connectivity index is 0.00000364. The summed E-state index contributed by atoms with van der Waals surface area (Å²) in [6.45, 7) is 5.79. The van der Waals surface area contributed by atoms with Gasteiger partial charge in [-0.2, -0.15) is 0 Å². The Labute approximate surface area is 177 Å². The van der Waals surface area contributed by atoms with Crippen LogP contribution in [0.2, 0.25) is 0 Å². The number of ether oxygens (including phenoxy) is 1. The second-order valence-corrected chi connectivity index (χ2v) is 5.57. The molecule has 0 aliphatic carbocycles. The van der Waals surface area contributed by atoms with Crippen LogP contribution in [0.5, 0.6) is 5.75 Å². The van der Waals surface area contributed by atoms with Gasteiger partial charge in [0.15, 0.2) is 5.96 Å². The third-order valence-electron chi connectivity index (χ3n) is 3.35. The van der Waals surface area contributed by atoms with E-state index in [2.05, 4.69) is 25.9 Å². The Hall–Kier alpha value is -2.36. The van der Waals surface area contributed by atoms with Crippen molar-refractivity contribution in [2.24, 2.45) is 4.99 Å². The summed E-state index contributed by atoms with van der Waals surface area (Å²) in [5, 5.41) is 8.99. The van der Waals surface area contributed by atoms with E-state index in [1.54, 1.807) is 24.5 Å². The lowest BCUT2D eigenvalue weighted by Crippen LogP contribution is -2.40. The van der Waals surface area contributed by atoms with Gasteiger partial charge in [0.05, 0.1) is 18.4 Å². The first-order chi connectivity index (χ1) is 12.7. The van der Waals surface area contributed by atoms with Crippen molar-refractivity contribution in [1.29, 1.82) is 0 Å². The van der Waals surface area contributed by atoms with Crippen LogP contribution < -0.4 is 20.7 Å². The monoisotopic (exact) mass is 483 g/mol. The van der Waals surface area contributed by atoms with Crippen LogP contribution in [-0.4, -0.2) is 43.1 Å². The number of rotatable bonds is 8. The normalized spacial score (nSPS) is 10.5. The Kier molecular flexibility index (Phi) is 10.8. The molecule has 2 aromatic rings. The molecular weight excluding hydrogens is 457 g/mol. The minimum Gasteiger partial charge on any atom is -0.492 e. The van der Waals surface area contributed by atoms with Crippen molar-refractivity contribution >= 4 is 41.5 Å². The van der Waals surface area contributed by atoms with Gasteiger partial charge in [0.25, 0.3) is 0 Å². The SMILES string of the molecule is CCNC(=NCC(=O)Nc1cccnc1)NCCOc1ccc(C)cc1.I. The smallest absolute Gasteiger partial charge is 0.246 e. The molecule has 8 heteroatoms. The molecule has 0 saturated carbocycles. The van der Waals surface area contributed by atoms with Crippen LogP contribution in [0.4, 0.5) is 5.69 Å². The highest BCUT2D eigenvalue weighted by Crippen LogP contribution is 2.10. The number of hydrogen-bond donors (Lipinski definition) is 3. The molecule has 146 valence electrons. The number of carbonyl (C=O) groups is 1. The van der Waals surface area contributed by atoms with Crippen molar-refractivity contribution in [2.45, 2.75) is 13.8 Å². The highest BCUT2D eigenvalue weighted by atomic mass is 127. The maximum atomic E-state index is 11.9. The molecule has 1 aromatic carbocycles. The molecule has 0 unspecified atom stereocenters. The van der Waals surface area contributed by atoms with Gasteiger partial charge in [-0.15, -0.1) is 24.0 Å². The van der Waals surface area contributed by atoms with Crippen LogP contribution >= 0.6 is 24.0 Å². The lowest BCUT2D eigenvalue weighted by molar-refractivity contribution is -0.114. The molecule has 0 atom stereocenters. The summed E-state index contributed by atoms with van der Waals surface area (Å²) in [4.78, 5) is 20.2. The Bertz CT molecular complexity index is 708. The van der Waals surface area contributed by atoms with Crippen molar-refractivity contribution in [3.63, 3.8) is 0 Å². The van der Waals surface area contributed by atoms with E-state index in [9.17, 15) is 4.79 Å². The summed E-state index contributed by atoms with van der Waals surface area (Å²) in [7, 11) is 0. The third kappa shape index (κ3) is 9.23. The maximum absolute atomic E-state index is 11.9. The third-order valence-corrected chi connectivity index (χ3v) is 3.35.